The maximum atomic E-state index is 11.6. The minimum Gasteiger partial charge on any atom is -0.479 e. The van der Waals surface area contributed by atoms with E-state index in [1.165, 1.54) is 24.3 Å². The maximum absolute atomic E-state index is 11.6. The van der Waals surface area contributed by atoms with Crippen LogP contribution in [-0.2, 0) is 4.79 Å². The molecule has 2 N–H and O–H groups in total. The summed E-state index contributed by atoms with van der Waals surface area (Å²) in [5, 5.41) is 18.1. The maximum Gasteiger partial charge on any atom is 0.343 e. The molecular weight excluding hydrogens is 208 g/mol. The molecular formula is C12H10O4. The predicted octanol–water partition coefficient (Wildman–Crippen LogP) is 0.686. The molecule has 0 bridgehead atoms. The van der Waals surface area contributed by atoms with E-state index in [0.717, 1.165) is 6.92 Å². The molecule has 0 saturated heterocycles. The summed E-state index contributed by atoms with van der Waals surface area (Å²) in [4.78, 5) is 22.3. The molecule has 4 nitrogen and oxygen atoms in total. The van der Waals surface area contributed by atoms with Gasteiger partial charge in [-0.1, -0.05) is 18.1 Å². The number of terminal acetylenes is 1. The fraction of sp³-hybridized carbons (Fsp3) is 0.167. The molecule has 0 aliphatic rings. The zero-order valence-corrected chi connectivity index (χ0v) is 8.60. The second-order valence-electron chi connectivity index (χ2n) is 3.43. The SMILES string of the molecule is C#Cc1ccc(C(=O)[C@@](C)(O)C(=O)O)cc1. The van der Waals surface area contributed by atoms with Gasteiger partial charge in [0.1, 0.15) is 0 Å². The van der Waals surface area contributed by atoms with Gasteiger partial charge in [0.15, 0.2) is 0 Å². The Labute approximate surface area is 92.5 Å². The third kappa shape index (κ3) is 2.10. The average molecular weight is 218 g/mol. The Morgan fingerprint density at radius 3 is 2.19 bits per heavy atom. The molecule has 0 fully saturated rings. The van der Waals surface area contributed by atoms with E-state index < -0.39 is 17.4 Å². The quantitative estimate of drug-likeness (QED) is 0.444. The summed E-state index contributed by atoms with van der Waals surface area (Å²) >= 11 is 0. The number of carboxylic acids is 1. The van der Waals surface area contributed by atoms with E-state index in [4.69, 9.17) is 11.5 Å². The van der Waals surface area contributed by atoms with Crippen LogP contribution in [0.15, 0.2) is 24.3 Å². The second-order valence-corrected chi connectivity index (χ2v) is 3.43. The van der Waals surface area contributed by atoms with Crippen LogP contribution in [0.2, 0.25) is 0 Å². The van der Waals surface area contributed by atoms with Crippen molar-refractivity contribution in [1.29, 1.82) is 0 Å². The molecule has 1 rings (SSSR count). The lowest BCUT2D eigenvalue weighted by atomic mass is 9.94. The molecule has 0 radical (unpaired) electrons. The Morgan fingerprint density at radius 1 is 1.31 bits per heavy atom. The second kappa shape index (κ2) is 4.17. The number of aliphatic hydroxyl groups is 1. The zero-order valence-electron chi connectivity index (χ0n) is 8.60. The molecule has 0 unspecified atom stereocenters. The van der Waals surface area contributed by atoms with Crippen LogP contribution in [0.1, 0.15) is 22.8 Å². The number of benzene rings is 1. The van der Waals surface area contributed by atoms with Gasteiger partial charge in [-0.05, 0) is 19.1 Å². The minimum atomic E-state index is -2.42. The number of hydrogen-bond acceptors (Lipinski definition) is 3. The van der Waals surface area contributed by atoms with E-state index in [0.29, 0.717) is 5.56 Å². The van der Waals surface area contributed by atoms with Gasteiger partial charge < -0.3 is 10.2 Å². The normalized spacial score (nSPS) is 13.6. The van der Waals surface area contributed by atoms with Crippen molar-refractivity contribution in [2.45, 2.75) is 12.5 Å². The van der Waals surface area contributed by atoms with Gasteiger partial charge in [0, 0.05) is 11.1 Å². The molecule has 0 heterocycles. The van der Waals surface area contributed by atoms with Crippen LogP contribution in [-0.4, -0.2) is 27.6 Å². The lowest BCUT2D eigenvalue weighted by Gasteiger charge is -2.16. The van der Waals surface area contributed by atoms with Gasteiger partial charge in [-0.3, -0.25) is 4.79 Å². The monoisotopic (exact) mass is 218 g/mol. The van der Waals surface area contributed by atoms with Crippen molar-refractivity contribution in [2.24, 2.45) is 0 Å². The molecule has 0 aliphatic heterocycles. The van der Waals surface area contributed by atoms with E-state index in [9.17, 15) is 14.7 Å². The lowest BCUT2D eigenvalue weighted by Crippen LogP contribution is -2.43. The third-order valence-electron chi connectivity index (χ3n) is 2.17. The largest absolute Gasteiger partial charge is 0.479 e. The Kier molecular flexibility index (Phi) is 3.11. The number of aliphatic carboxylic acids is 1. The number of Topliss-reactive ketones (excluding diaryl/α,β-unsaturated/α-hetero) is 1. The van der Waals surface area contributed by atoms with Gasteiger partial charge in [-0.25, -0.2) is 4.79 Å². The van der Waals surface area contributed by atoms with Gasteiger partial charge in [-0.2, -0.15) is 0 Å². The predicted molar refractivity (Wildman–Crippen MR) is 57.0 cm³/mol. The highest BCUT2D eigenvalue weighted by Gasteiger charge is 2.39. The fourth-order valence-electron chi connectivity index (χ4n) is 1.10. The highest BCUT2D eigenvalue weighted by Crippen LogP contribution is 2.14. The summed E-state index contributed by atoms with van der Waals surface area (Å²) < 4.78 is 0. The van der Waals surface area contributed by atoms with Crippen molar-refractivity contribution in [3.63, 3.8) is 0 Å². The Morgan fingerprint density at radius 2 is 1.81 bits per heavy atom. The van der Waals surface area contributed by atoms with E-state index in [1.807, 2.05) is 0 Å². The fourth-order valence-corrected chi connectivity index (χ4v) is 1.10. The lowest BCUT2D eigenvalue weighted by molar-refractivity contribution is -0.151. The Bertz CT molecular complexity index is 463. The molecule has 1 atom stereocenters. The van der Waals surface area contributed by atoms with Crippen molar-refractivity contribution >= 4 is 11.8 Å². The molecule has 4 heteroatoms. The van der Waals surface area contributed by atoms with Crippen molar-refractivity contribution in [1.82, 2.24) is 0 Å². The Balaban J connectivity index is 3.07. The molecule has 1 aromatic rings. The molecule has 0 amide bonds. The van der Waals surface area contributed by atoms with Crippen LogP contribution in [0.3, 0.4) is 0 Å². The first-order valence-electron chi connectivity index (χ1n) is 4.47. The van der Waals surface area contributed by atoms with Gasteiger partial charge in [-0.15, -0.1) is 6.42 Å². The zero-order chi connectivity index (χ0) is 12.3. The van der Waals surface area contributed by atoms with Crippen LogP contribution in [0.5, 0.6) is 0 Å². The molecule has 0 aliphatic carbocycles. The molecule has 16 heavy (non-hydrogen) atoms. The summed E-state index contributed by atoms with van der Waals surface area (Å²) in [5.41, 5.74) is -1.74. The van der Waals surface area contributed by atoms with E-state index in [-0.39, 0.29) is 5.56 Å². The summed E-state index contributed by atoms with van der Waals surface area (Å²) in [6, 6.07) is 5.78. The van der Waals surface area contributed by atoms with Gasteiger partial charge >= 0.3 is 5.97 Å². The molecule has 1 aromatic carbocycles. The highest BCUT2D eigenvalue weighted by atomic mass is 16.4. The third-order valence-corrected chi connectivity index (χ3v) is 2.17. The van der Waals surface area contributed by atoms with Crippen LogP contribution in [0, 0.1) is 12.3 Å². The van der Waals surface area contributed by atoms with Gasteiger partial charge in [0.25, 0.3) is 0 Å². The number of ketones is 1. The van der Waals surface area contributed by atoms with Crippen LogP contribution < -0.4 is 0 Å². The van der Waals surface area contributed by atoms with E-state index in [1.54, 1.807) is 0 Å². The van der Waals surface area contributed by atoms with Gasteiger partial charge in [0.2, 0.25) is 11.4 Å². The molecule has 0 saturated carbocycles. The summed E-state index contributed by atoms with van der Waals surface area (Å²) in [6.07, 6.45) is 5.13. The molecule has 0 spiro atoms. The van der Waals surface area contributed by atoms with E-state index in [2.05, 4.69) is 5.92 Å². The van der Waals surface area contributed by atoms with Crippen molar-refractivity contribution in [2.75, 3.05) is 0 Å². The summed E-state index contributed by atoms with van der Waals surface area (Å²) in [5.74, 6) is -0.0919. The van der Waals surface area contributed by atoms with Crippen molar-refractivity contribution < 1.29 is 19.8 Å². The first-order valence-corrected chi connectivity index (χ1v) is 4.47. The summed E-state index contributed by atoms with van der Waals surface area (Å²) in [6.45, 7) is 0.937. The van der Waals surface area contributed by atoms with E-state index >= 15 is 0 Å². The van der Waals surface area contributed by atoms with Crippen molar-refractivity contribution in [3.05, 3.63) is 35.4 Å². The topological polar surface area (TPSA) is 74.6 Å². The average Bonchev–Trinajstić information content (AvgIpc) is 2.28. The summed E-state index contributed by atoms with van der Waals surface area (Å²) in [7, 11) is 0. The smallest absolute Gasteiger partial charge is 0.343 e. The molecule has 82 valence electrons. The van der Waals surface area contributed by atoms with Crippen molar-refractivity contribution in [3.8, 4) is 12.3 Å². The number of rotatable bonds is 3. The first kappa shape index (κ1) is 12.0. The highest BCUT2D eigenvalue weighted by molar-refractivity contribution is 6.14. The standard InChI is InChI=1S/C12H10O4/c1-3-8-4-6-9(7-5-8)10(13)12(2,16)11(14)15/h1,4-7,16H,2H3,(H,14,15)/t12-/m1/s1. The van der Waals surface area contributed by atoms with Gasteiger partial charge in [0.05, 0.1) is 0 Å². The number of carboxylic acid groups (broad SMARTS) is 1. The van der Waals surface area contributed by atoms with Crippen LogP contribution >= 0.6 is 0 Å². The molecule has 0 aromatic heterocycles. The Hall–Kier alpha value is -2.12. The number of carbonyl (C=O) groups is 2. The number of carbonyl (C=O) groups excluding carboxylic acids is 1. The number of hydrogen-bond donors (Lipinski definition) is 2. The first-order chi connectivity index (χ1) is 7.39. The van der Waals surface area contributed by atoms with Crippen LogP contribution in [0.25, 0.3) is 0 Å². The minimum absolute atomic E-state index is 0.103. The van der Waals surface area contributed by atoms with Crippen LogP contribution in [0.4, 0.5) is 0 Å².